The lowest BCUT2D eigenvalue weighted by Crippen LogP contribution is -1.93. The third kappa shape index (κ3) is 6.49. The molecule has 0 heterocycles. The molecular formula is C12H20O2. The van der Waals surface area contributed by atoms with Gasteiger partial charge in [-0.1, -0.05) is 32.4 Å². The maximum atomic E-state index is 8.95. The first-order valence-electron chi connectivity index (χ1n) is 5.01. The van der Waals surface area contributed by atoms with E-state index in [-0.39, 0.29) is 0 Å². The SMILES string of the molecule is CCC.COCCc1ccc(O)cc1. The van der Waals surface area contributed by atoms with Crippen molar-refractivity contribution in [2.24, 2.45) is 0 Å². The zero-order chi connectivity index (χ0) is 10.8. The lowest BCUT2D eigenvalue weighted by molar-refractivity contribution is 0.202. The van der Waals surface area contributed by atoms with Crippen molar-refractivity contribution in [1.82, 2.24) is 0 Å². The number of hydrogen-bond donors (Lipinski definition) is 1. The Kier molecular flexibility index (Phi) is 7.95. The summed E-state index contributed by atoms with van der Waals surface area (Å²) in [7, 11) is 1.68. The molecular weight excluding hydrogens is 176 g/mol. The van der Waals surface area contributed by atoms with Gasteiger partial charge < -0.3 is 9.84 Å². The number of hydrogen-bond acceptors (Lipinski definition) is 2. The maximum Gasteiger partial charge on any atom is 0.115 e. The Morgan fingerprint density at radius 1 is 1.14 bits per heavy atom. The maximum absolute atomic E-state index is 8.95. The second-order valence-corrected chi connectivity index (χ2v) is 3.12. The van der Waals surface area contributed by atoms with E-state index in [0.29, 0.717) is 5.75 Å². The molecule has 0 aromatic heterocycles. The largest absolute Gasteiger partial charge is 0.508 e. The van der Waals surface area contributed by atoms with E-state index >= 15 is 0 Å². The fourth-order valence-electron chi connectivity index (χ4n) is 0.883. The van der Waals surface area contributed by atoms with Gasteiger partial charge in [0.25, 0.3) is 0 Å². The van der Waals surface area contributed by atoms with Gasteiger partial charge in [0, 0.05) is 7.11 Å². The van der Waals surface area contributed by atoms with E-state index in [9.17, 15) is 0 Å². The van der Waals surface area contributed by atoms with Crippen molar-refractivity contribution in [2.75, 3.05) is 13.7 Å². The molecule has 0 aliphatic rings. The number of methoxy groups -OCH3 is 1. The molecule has 0 unspecified atom stereocenters. The lowest BCUT2D eigenvalue weighted by atomic mass is 10.1. The summed E-state index contributed by atoms with van der Waals surface area (Å²) in [6, 6.07) is 7.17. The molecule has 0 spiro atoms. The second-order valence-electron chi connectivity index (χ2n) is 3.12. The van der Waals surface area contributed by atoms with Crippen molar-refractivity contribution in [3.63, 3.8) is 0 Å². The van der Waals surface area contributed by atoms with Gasteiger partial charge in [0.2, 0.25) is 0 Å². The molecule has 0 aliphatic carbocycles. The Hall–Kier alpha value is -1.02. The van der Waals surface area contributed by atoms with Gasteiger partial charge in [-0.25, -0.2) is 0 Å². The minimum Gasteiger partial charge on any atom is -0.508 e. The van der Waals surface area contributed by atoms with Crippen LogP contribution in [0.4, 0.5) is 0 Å². The number of ether oxygens (including phenoxy) is 1. The molecule has 1 N–H and O–H groups in total. The summed E-state index contributed by atoms with van der Waals surface area (Å²) < 4.78 is 4.91. The Morgan fingerprint density at radius 2 is 1.64 bits per heavy atom. The van der Waals surface area contributed by atoms with E-state index in [0.717, 1.165) is 13.0 Å². The monoisotopic (exact) mass is 196 g/mol. The normalized spacial score (nSPS) is 9.07. The summed E-state index contributed by atoms with van der Waals surface area (Å²) in [5, 5.41) is 8.95. The third-order valence-electron chi connectivity index (χ3n) is 1.53. The number of phenols is 1. The summed E-state index contributed by atoms with van der Waals surface area (Å²) in [6.45, 7) is 4.98. The van der Waals surface area contributed by atoms with Crippen LogP contribution in [-0.2, 0) is 11.2 Å². The van der Waals surface area contributed by atoms with Gasteiger partial charge in [0.1, 0.15) is 5.75 Å². The number of rotatable bonds is 3. The molecule has 0 fully saturated rings. The molecule has 0 saturated heterocycles. The molecule has 0 amide bonds. The Labute approximate surface area is 86.5 Å². The fraction of sp³-hybridized carbons (Fsp3) is 0.500. The van der Waals surface area contributed by atoms with Crippen LogP contribution < -0.4 is 0 Å². The highest BCUT2D eigenvalue weighted by molar-refractivity contribution is 5.25. The van der Waals surface area contributed by atoms with Crippen LogP contribution in [0, 0.1) is 0 Å². The van der Waals surface area contributed by atoms with Crippen LogP contribution in [0.3, 0.4) is 0 Å². The topological polar surface area (TPSA) is 29.5 Å². The average molecular weight is 196 g/mol. The van der Waals surface area contributed by atoms with Crippen LogP contribution in [0.2, 0.25) is 0 Å². The summed E-state index contributed by atoms with van der Waals surface area (Å²) in [5.41, 5.74) is 1.18. The highest BCUT2D eigenvalue weighted by atomic mass is 16.5. The molecule has 0 radical (unpaired) electrons. The minimum atomic E-state index is 0.311. The van der Waals surface area contributed by atoms with Crippen LogP contribution in [-0.4, -0.2) is 18.8 Å². The van der Waals surface area contributed by atoms with E-state index in [1.165, 1.54) is 12.0 Å². The summed E-state index contributed by atoms with van der Waals surface area (Å²) >= 11 is 0. The van der Waals surface area contributed by atoms with Gasteiger partial charge in [-0.05, 0) is 24.1 Å². The van der Waals surface area contributed by atoms with Crippen LogP contribution in [0.5, 0.6) is 5.75 Å². The first-order valence-corrected chi connectivity index (χ1v) is 5.01. The van der Waals surface area contributed by atoms with Gasteiger partial charge >= 0.3 is 0 Å². The lowest BCUT2D eigenvalue weighted by Gasteiger charge is -1.99. The van der Waals surface area contributed by atoms with Crippen molar-refractivity contribution in [3.8, 4) is 5.75 Å². The minimum absolute atomic E-state index is 0.311. The van der Waals surface area contributed by atoms with Crippen molar-refractivity contribution in [3.05, 3.63) is 29.8 Å². The number of phenolic OH excluding ortho intramolecular Hbond substituents is 1. The van der Waals surface area contributed by atoms with Gasteiger partial charge in [-0.3, -0.25) is 0 Å². The zero-order valence-corrected chi connectivity index (χ0v) is 9.29. The molecule has 0 atom stereocenters. The van der Waals surface area contributed by atoms with Crippen molar-refractivity contribution >= 4 is 0 Å². The molecule has 1 aromatic carbocycles. The van der Waals surface area contributed by atoms with Crippen molar-refractivity contribution in [1.29, 1.82) is 0 Å². The Morgan fingerprint density at radius 3 is 2.07 bits per heavy atom. The molecule has 80 valence electrons. The predicted octanol–water partition coefficient (Wildman–Crippen LogP) is 3.00. The van der Waals surface area contributed by atoms with Crippen LogP contribution >= 0.6 is 0 Å². The first kappa shape index (κ1) is 13.0. The Bertz CT molecular complexity index is 216. The molecule has 1 rings (SSSR count). The van der Waals surface area contributed by atoms with Gasteiger partial charge in [-0.15, -0.1) is 0 Å². The Balaban J connectivity index is 0.000000500. The smallest absolute Gasteiger partial charge is 0.115 e. The quantitative estimate of drug-likeness (QED) is 0.805. The van der Waals surface area contributed by atoms with E-state index in [2.05, 4.69) is 13.8 Å². The van der Waals surface area contributed by atoms with E-state index < -0.39 is 0 Å². The molecule has 2 nitrogen and oxygen atoms in total. The molecule has 2 heteroatoms. The molecule has 1 aromatic rings. The van der Waals surface area contributed by atoms with Gasteiger partial charge in [0.05, 0.1) is 6.61 Å². The number of benzene rings is 1. The molecule has 0 bridgehead atoms. The van der Waals surface area contributed by atoms with E-state index in [1.54, 1.807) is 19.2 Å². The average Bonchev–Trinajstić information content (AvgIpc) is 2.18. The third-order valence-corrected chi connectivity index (χ3v) is 1.53. The zero-order valence-electron chi connectivity index (χ0n) is 9.29. The highest BCUT2D eigenvalue weighted by Crippen LogP contribution is 2.09. The molecule has 0 aliphatic heterocycles. The summed E-state index contributed by atoms with van der Waals surface area (Å²) in [4.78, 5) is 0. The molecule has 14 heavy (non-hydrogen) atoms. The second kappa shape index (κ2) is 8.57. The van der Waals surface area contributed by atoms with Crippen LogP contribution in [0.15, 0.2) is 24.3 Å². The van der Waals surface area contributed by atoms with E-state index in [1.807, 2.05) is 12.1 Å². The molecule has 0 saturated carbocycles. The van der Waals surface area contributed by atoms with Crippen LogP contribution in [0.1, 0.15) is 25.8 Å². The number of aromatic hydroxyl groups is 1. The standard InChI is InChI=1S/C9H12O2.C3H8/c1-11-7-6-8-2-4-9(10)5-3-8;1-3-2/h2-5,10H,6-7H2,1H3;3H2,1-2H3. The van der Waals surface area contributed by atoms with Crippen molar-refractivity contribution < 1.29 is 9.84 Å². The van der Waals surface area contributed by atoms with Crippen LogP contribution in [0.25, 0.3) is 0 Å². The van der Waals surface area contributed by atoms with Gasteiger partial charge in [-0.2, -0.15) is 0 Å². The predicted molar refractivity (Wildman–Crippen MR) is 59.7 cm³/mol. The summed E-state index contributed by atoms with van der Waals surface area (Å²) in [5.74, 6) is 0.311. The first-order chi connectivity index (χ1) is 6.74. The summed E-state index contributed by atoms with van der Waals surface area (Å²) in [6.07, 6.45) is 2.15. The van der Waals surface area contributed by atoms with E-state index in [4.69, 9.17) is 9.84 Å². The highest BCUT2D eigenvalue weighted by Gasteiger charge is 1.91. The van der Waals surface area contributed by atoms with Crippen molar-refractivity contribution in [2.45, 2.75) is 26.7 Å². The fourth-order valence-corrected chi connectivity index (χ4v) is 0.883. The van der Waals surface area contributed by atoms with Gasteiger partial charge in [0.15, 0.2) is 0 Å².